The minimum Gasteiger partial charge on any atom is -0.462 e. The van der Waals surface area contributed by atoms with Crippen LogP contribution < -0.4 is 5.32 Å². The van der Waals surface area contributed by atoms with Gasteiger partial charge in [-0.2, -0.15) is 0 Å². The number of esters is 1. The zero-order valence-corrected chi connectivity index (χ0v) is 41.3. The Morgan fingerprint density at radius 2 is 0.871 bits per heavy atom. The summed E-state index contributed by atoms with van der Waals surface area (Å²) in [6.07, 6.45) is 60.5. The summed E-state index contributed by atoms with van der Waals surface area (Å²) in [5.41, 5.74) is 0. The first kappa shape index (κ1) is 59.8. The Labute approximate surface area is 385 Å². The van der Waals surface area contributed by atoms with Gasteiger partial charge in [0.2, 0.25) is 5.91 Å². The summed E-state index contributed by atoms with van der Waals surface area (Å²) in [7, 11) is 0. The van der Waals surface area contributed by atoms with E-state index in [-0.39, 0.29) is 24.9 Å². The molecule has 0 aromatic heterocycles. The molecule has 362 valence electrons. The summed E-state index contributed by atoms with van der Waals surface area (Å²) >= 11 is 0. The van der Waals surface area contributed by atoms with Crippen molar-refractivity contribution < 1.29 is 24.5 Å². The predicted octanol–water partition coefficient (Wildman–Crippen LogP) is 16.2. The second kappa shape index (κ2) is 49.8. The molecule has 0 radical (unpaired) electrons. The highest BCUT2D eigenvalue weighted by Gasteiger charge is 2.24. The number of aliphatic hydroxyl groups excluding tert-OH is 2. The molecular formula is C56H103NO5. The SMILES string of the molecule is CC/C=C/C=C/C=C\C=C/CCCC(CC(=O)NC(CO)C(O)CCCCCCCCCCCCCCCCC)OC(=O)CCCCCCCCCCCCCCCCCCC. The van der Waals surface area contributed by atoms with Gasteiger partial charge in [0.25, 0.3) is 0 Å². The highest BCUT2D eigenvalue weighted by Crippen LogP contribution is 2.18. The van der Waals surface area contributed by atoms with E-state index in [0.29, 0.717) is 19.3 Å². The summed E-state index contributed by atoms with van der Waals surface area (Å²) in [6.45, 7) is 6.34. The molecule has 0 aromatic rings. The van der Waals surface area contributed by atoms with E-state index in [1.807, 2.05) is 36.5 Å². The second-order valence-corrected chi connectivity index (χ2v) is 18.4. The maximum absolute atomic E-state index is 13.2. The number of hydrogen-bond acceptors (Lipinski definition) is 5. The van der Waals surface area contributed by atoms with Gasteiger partial charge in [-0.1, -0.05) is 268 Å². The number of nitrogens with one attached hydrogen (secondary N) is 1. The van der Waals surface area contributed by atoms with Crippen molar-refractivity contribution in [1.82, 2.24) is 5.32 Å². The zero-order chi connectivity index (χ0) is 45.2. The van der Waals surface area contributed by atoms with Crippen molar-refractivity contribution >= 4 is 11.9 Å². The number of carbonyl (C=O) groups is 2. The van der Waals surface area contributed by atoms with E-state index in [1.165, 1.54) is 167 Å². The summed E-state index contributed by atoms with van der Waals surface area (Å²) in [5.74, 6) is -0.532. The van der Waals surface area contributed by atoms with E-state index < -0.39 is 18.2 Å². The molecule has 0 fully saturated rings. The van der Waals surface area contributed by atoms with Gasteiger partial charge in [-0.3, -0.25) is 9.59 Å². The number of carbonyl (C=O) groups excluding carboxylic acids is 2. The molecule has 6 nitrogen and oxygen atoms in total. The van der Waals surface area contributed by atoms with E-state index in [4.69, 9.17) is 4.74 Å². The number of allylic oxidation sites excluding steroid dienone is 8. The highest BCUT2D eigenvalue weighted by atomic mass is 16.5. The van der Waals surface area contributed by atoms with E-state index in [2.05, 4.69) is 38.2 Å². The lowest BCUT2D eigenvalue weighted by Gasteiger charge is -2.24. The first-order valence-electron chi connectivity index (χ1n) is 26.9. The van der Waals surface area contributed by atoms with Crippen LogP contribution >= 0.6 is 0 Å². The van der Waals surface area contributed by atoms with Crippen molar-refractivity contribution in [2.45, 2.75) is 289 Å². The molecule has 0 rings (SSSR count). The van der Waals surface area contributed by atoms with Gasteiger partial charge in [-0.05, 0) is 38.5 Å². The van der Waals surface area contributed by atoms with Crippen LogP contribution in [0.4, 0.5) is 0 Å². The number of amides is 1. The van der Waals surface area contributed by atoms with Crippen molar-refractivity contribution in [2.24, 2.45) is 0 Å². The van der Waals surface area contributed by atoms with Gasteiger partial charge >= 0.3 is 5.97 Å². The molecule has 62 heavy (non-hydrogen) atoms. The van der Waals surface area contributed by atoms with Gasteiger partial charge < -0.3 is 20.3 Å². The third-order valence-electron chi connectivity index (χ3n) is 12.3. The van der Waals surface area contributed by atoms with Crippen LogP contribution in [0.5, 0.6) is 0 Å². The normalized spacial score (nSPS) is 13.6. The van der Waals surface area contributed by atoms with Crippen LogP contribution in [0.2, 0.25) is 0 Å². The van der Waals surface area contributed by atoms with Crippen molar-refractivity contribution in [3.8, 4) is 0 Å². The lowest BCUT2D eigenvalue weighted by Crippen LogP contribution is -2.46. The lowest BCUT2D eigenvalue weighted by molar-refractivity contribution is -0.151. The number of rotatable bonds is 48. The van der Waals surface area contributed by atoms with Crippen molar-refractivity contribution in [3.05, 3.63) is 48.6 Å². The summed E-state index contributed by atoms with van der Waals surface area (Å²) < 4.78 is 5.90. The number of unbranched alkanes of at least 4 members (excludes halogenated alkanes) is 31. The molecule has 3 atom stereocenters. The van der Waals surface area contributed by atoms with E-state index in [0.717, 1.165) is 57.8 Å². The van der Waals surface area contributed by atoms with E-state index >= 15 is 0 Å². The lowest BCUT2D eigenvalue weighted by atomic mass is 10.0. The Balaban J connectivity index is 4.52. The van der Waals surface area contributed by atoms with Gasteiger partial charge in [0.15, 0.2) is 0 Å². The molecular weight excluding hydrogens is 767 g/mol. The van der Waals surface area contributed by atoms with Gasteiger partial charge in [-0.15, -0.1) is 0 Å². The molecule has 0 aliphatic rings. The molecule has 1 amide bonds. The molecule has 0 aromatic carbocycles. The third-order valence-corrected chi connectivity index (χ3v) is 12.3. The highest BCUT2D eigenvalue weighted by molar-refractivity contribution is 5.77. The van der Waals surface area contributed by atoms with Crippen molar-refractivity contribution in [3.63, 3.8) is 0 Å². The van der Waals surface area contributed by atoms with Crippen LogP contribution in [0.1, 0.15) is 271 Å². The van der Waals surface area contributed by atoms with Crippen LogP contribution in [0.15, 0.2) is 48.6 Å². The Hall–Kier alpha value is -2.18. The fraction of sp³-hybridized carbons (Fsp3) is 0.821. The molecule has 6 heteroatoms. The molecule has 0 bridgehead atoms. The zero-order valence-electron chi connectivity index (χ0n) is 41.3. The molecule has 3 unspecified atom stereocenters. The van der Waals surface area contributed by atoms with E-state index in [9.17, 15) is 19.8 Å². The average Bonchev–Trinajstić information content (AvgIpc) is 3.26. The fourth-order valence-electron chi connectivity index (χ4n) is 8.21. The first-order valence-corrected chi connectivity index (χ1v) is 26.9. The average molecular weight is 870 g/mol. The summed E-state index contributed by atoms with van der Waals surface area (Å²) in [5, 5.41) is 23.8. The molecule has 3 N–H and O–H groups in total. The quantitative estimate of drug-likeness (QED) is 0.0322. The smallest absolute Gasteiger partial charge is 0.306 e. The van der Waals surface area contributed by atoms with Crippen LogP contribution in [0, 0.1) is 0 Å². The Kier molecular flexibility index (Phi) is 48.1. The summed E-state index contributed by atoms with van der Waals surface area (Å²) in [6, 6.07) is -0.721. The molecule has 0 saturated carbocycles. The standard InChI is InChI=1S/C56H103NO5/c1-4-7-10-13-16-19-22-24-26-27-29-31-34-37-40-43-46-49-56(61)62-52(47-44-41-38-35-32-21-18-15-12-9-6-3)50-55(60)57-53(51-58)54(59)48-45-42-39-36-33-30-28-25-23-20-17-14-11-8-5-2/h9,12,15,18,21,32,35,38,52-54,58-59H,4-8,10-11,13-14,16-17,19-20,22-31,33-34,36-37,39-51H2,1-3H3,(H,57,60)/b12-9+,18-15+,32-21-,38-35-. The number of aliphatic hydroxyl groups is 2. The predicted molar refractivity (Wildman–Crippen MR) is 269 cm³/mol. The van der Waals surface area contributed by atoms with Crippen molar-refractivity contribution in [1.29, 1.82) is 0 Å². The van der Waals surface area contributed by atoms with Gasteiger partial charge in [0.1, 0.15) is 6.10 Å². The van der Waals surface area contributed by atoms with E-state index in [1.54, 1.807) is 0 Å². The minimum absolute atomic E-state index is 0.0344. The molecule has 0 heterocycles. The first-order chi connectivity index (χ1) is 30.5. The van der Waals surface area contributed by atoms with Gasteiger partial charge in [0.05, 0.1) is 25.2 Å². The monoisotopic (exact) mass is 870 g/mol. The van der Waals surface area contributed by atoms with Crippen molar-refractivity contribution in [2.75, 3.05) is 6.61 Å². The Morgan fingerprint density at radius 1 is 0.484 bits per heavy atom. The maximum atomic E-state index is 13.2. The topological polar surface area (TPSA) is 95.9 Å². The maximum Gasteiger partial charge on any atom is 0.306 e. The second-order valence-electron chi connectivity index (χ2n) is 18.4. The summed E-state index contributed by atoms with van der Waals surface area (Å²) in [4.78, 5) is 26.1. The minimum atomic E-state index is -0.803. The largest absolute Gasteiger partial charge is 0.462 e. The molecule has 0 aliphatic carbocycles. The Bertz CT molecular complexity index is 1070. The van der Waals surface area contributed by atoms with Crippen LogP contribution in [-0.2, 0) is 14.3 Å². The molecule has 0 saturated heterocycles. The van der Waals surface area contributed by atoms with Crippen LogP contribution in [0.25, 0.3) is 0 Å². The van der Waals surface area contributed by atoms with Gasteiger partial charge in [-0.25, -0.2) is 0 Å². The third kappa shape index (κ3) is 44.4. The Morgan fingerprint density at radius 3 is 1.29 bits per heavy atom. The number of hydrogen-bond donors (Lipinski definition) is 3. The molecule has 0 aliphatic heterocycles. The number of ether oxygens (including phenoxy) is 1. The van der Waals surface area contributed by atoms with Crippen LogP contribution in [0.3, 0.4) is 0 Å². The van der Waals surface area contributed by atoms with Crippen LogP contribution in [-0.4, -0.2) is 46.9 Å². The molecule has 0 spiro atoms. The van der Waals surface area contributed by atoms with Gasteiger partial charge in [0, 0.05) is 6.42 Å². The fourth-order valence-corrected chi connectivity index (χ4v) is 8.21.